The van der Waals surface area contributed by atoms with Gasteiger partial charge in [-0.2, -0.15) is 0 Å². The van der Waals surface area contributed by atoms with Gasteiger partial charge in [-0.25, -0.2) is 0 Å². The van der Waals surface area contributed by atoms with E-state index < -0.39 is 0 Å². The third-order valence-electron chi connectivity index (χ3n) is 4.19. The predicted molar refractivity (Wildman–Crippen MR) is 85.1 cm³/mol. The zero-order valence-corrected chi connectivity index (χ0v) is 11.7. The van der Waals surface area contributed by atoms with Crippen LogP contribution in [-0.2, 0) is 5.41 Å². The van der Waals surface area contributed by atoms with Crippen LogP contribution in [0.3, 0.4) is 0 Å². The molecule has 0 fully saturated rings. The van der Waals surface area contributed by atoms with Crippen molar-refractivity contribution in [1.29, 1.82) is 0 Å². The summed E-state index contributed by atoms with van der Waals surface area (Å²) in [5, 5.41) is 0. The smallest absolute Gasteiger partial charge is 0.0360 e. The Kier molecular flexibility index (Phi) is 3.19. The summed E-state index contributed by atoms with van der Waals surface area (Å²) < 4.78 is 0. The van der Waals surface area contributed by atoms with E-state index in [9.17, 15) is 0 Å². The molecule has 0 radical (unpaired) electrons. The van der Waals surface area contributed by atoms with E-state index in [4.69, 9.17) is 5.73 Å². The Morgan fingerprint density at radius 2 is 1.50 bits per heavy atom. The van der Waals surface area contributed by atoms with Crippen LogP contribution in [0.4, 0.5) is 0 Å². The van der Waals surface area contributed by atoms with Gasteiger partial charge in [0.05, 0.1) is 0 Å². The molecular weight excluding hydrogens is 242 g/mol. The first-order valence-electron chi connectivity index (χ1n) is 6.99. The Morgan fingerprint density at radius 1 is 0.900 bits per heavy atom. The van der Waals surface area contributed by atoms with Crippen molar-refractivity contribution in [1.82, 2.24) is 0 Å². The fourth-order valence-electron chi connectivity index (χ4n) is 2.86. The van der Waals surface area contributed by atoms with E-state index in [0.717, 1.165) is 17.7 Å². The molecule has 1 aliphatic carbocycles. The molecule has 1 atom stereocenters. The molecule has 0 saturated heterocycles. The second-order valence-corrected chi connectivity index (χ2v) is 5.50. The molecule has 0 saturated carbocycles. The quantitative estimate of drug-likeness (QED) is 0.858. The number of hydrogen-bond donors (Lipinski definition) is 1. The van der Waals surface area contributed by atoms with Crippen molar-refractivity contribution in [2.75, 3.05) is 0 Å². The van der Waals surface area contributed by atoms with Crippen LogP contribution >= 0.6 is 0 Å². The molecule has 0 heterocycles. The first kappa shape index (κ1) is 12.7. The molecule has 20 heavy (non-hydrogen) atoms. The molecule has 0 aliphatic heterocycles. The van der Waals surface area contributed by atoms with Crippen LogP contribution < -0.4 is 5.73 Å². The Morgan fingerprint density at radius 3 is 2.15 bits per heavy atom. The van der Waals surface area contributed by atoms with Gasteiger partial charge in [0.2, 0.25) is 0 Å². The minimum atomic E-state index is -0.124. The zero-order chi connectivity index (χ0) is 14.0. The average molecular weight is 261 g/mol. The maximum Gasteiger partial charge on any atom is 0.0360 e. The lowest BCUT2D eigenvalue weighted by Crippen LogP contribution is -2.31. The minimum absolute atomic E-state index is 0.124. The molecule has 0 aromatic heterocycles. The van der Waals surface area contributed by atoms with Crippen LogP contribution in [0, 0.1) is 0 Å². The molecule has 1 nitrogen and oxygen atoms in total. The van der Waals surface area contributed by atoms with Gasteiger partial charge in [0.15, 0.2) is 0 Å². The molecule has 100 valence electrons. The van der Waals surface area contributed by atoms with Crippen molar-refractivity contribution < 1.29 is 0 Å². The zero-order valence-electron chi connectivity index (χ0n) is 11.7. The number of allylic oxidation sites excluding steroid dienone is 4. The summed E-state index contributed by atoms with van der Waals surface area (Å²) in [6, 6.07) is 20.9. The van der Waals surface area contributed by atoms with Crippen LogP contribution in [0.25, 0.3) is 5.57 Å². The van der Waals surface area contributed by atoms with Gasteiger partial charge in [-0.1, -0.05) is 72.8 Å². The molecule has 3 rings (SSSR count). The van der Waals surface area contributed by atoms with E-state index in [-0.39, 0.29) is 5.41 Å². The highest BCUT2D eigenvalue weighted by Crippen LogP contribution is 2.40. The van der Waals surface area contributed by atoms with Gasteiger partial charge in [0.1, 0.15) is 0 Å². The molecule has 1 heteroatoms. The van der Waals surface area contributed by atoms with Gasteiger partial charge in [-0.15, -0.1) is 0 Å². The van der Waals surface area contributed by atoms with Crippen LogP contribution in [-0.4, -0.2) is 0 Å². The largest absolute Gasteiger partial charge is 0.401 e. The van der Waals surface area contributed by atoms with E-state index in [1.807, 2.05) is 12.1 Å². The van der Waals surface area contributed by atoms with Crippen molar-refractivity contribution in [3.8, 4) is 0 Å². The second-order valence-electron chi connectivity index (χ2n) is 5.50. The van der Waals surface area contributed by atoms with Crippen LogP contribution in [0.2, 0.25) is 0 Å². The van der Waals surface area contributed by atoms with Crippen LogP contribution in [0.1, 0.15) is 24.5 Å². The minimum Gasteiger partial charge on any atom is -0.401 e. The third-order valence-corrected chi connectivity index (χ3v) is 4.19. The highest BCUT2D eigenvalue weighted by Gasteiger charge is 2.32. The maximum absolute atomic E-state index is 6.55. The van der Waals surface area contributed by atoms with Crippen molar-refractivity contribution in [2.24, 2.45) is 5.73 Å². The summed E-state index contributed by atoms with van der Waals surface area (Å²) in [6.45, 7) is 2.23. The molecular formula is C19H19N. The fourth-order valence-corrected chi connectivity index (χ4v) is 2.86. The number of benzene rings is 2. The number of rotatable bonds is 2. The molecule has 2 aromatic carbocycles. The van der Waals surface area contributed by atoms with Crippen LogP contribution in [0.15, 0.2) is 78.5 Å². The molecule has 0 bridgehead atoms. The van der Waals surface area contributed by atoms with Gasteiger partial charge in [0.25, 0.3) is 0 Å². The van der Waals surface area contributed by atoms with E-state index in [1.54, 1.807) is 0 Å². The molecule has 0 spiro atoms. The first-order valence-corrected chi connectivity index (χ1v) is 6.99. The SMILES string of the molecule is CC1(c2ccccc2)CC=CC(c2ccccc2)=C1N. The molecule has 2 aromatic rings. The number of nitrogens with two attached hydrogens (primary N) is 1. The Hall–Kier alpha value is -2.28. The van der Waals surface area contributed by atoms with E-state index in [2.05, 4.69) is 67.6 Å². The second kappa shape index (κ2) is 5.01. The van der Waals surface area contributed by atoms with Gasteiger partial charge in [0, 0.05) is 16.7 Å². The Balaban J connectivity index is 2.12. The summed E-state index contributed by atoms with van der Waals surface area (Å²) in [7, 11) is 0. The van der Waals surface area contributed by atoms with Gasteiger partial charge < -0.3 is 5.73 Å². The average Bonchev–Trinajstić information content (AvgIpc) is 2.52. The standard InChI is InChI=1S/C19H19N/c1-19(16-11-6-3-7-12-16)14-8-13-17(18(19)20)15-9-4-2-5-10-15/h2-13H,14,20H2,1H3. The predicted octanol–water partition coefficient (Wildman–Crippen LogP) is 4.27. The van der Waals surface area contributed by atoms with E-state index in [0.29, 0.717) is 0 Å². The summed E-state index contributed by atoms with van der Waals surface area (Å²) >= 11 is 0. The van der Waals surface area contributed by atoms with Crippen molar-refractivity contribution in [3.63, 3.8) is 0 Å². The fraction of sp³-hybridized carbons (Fsp3) is 0.158. The first-order chi connectivity index (χ1) is 9.72. The number of hydrogen-bond acceptors (Lipinski definition) is 1. The van der Waals surface area contributed by atoms with E-state index >= 15 is 0 Å². The molecule has 1 unspecified atom stereocenters. The molecule has 2 N–H and O–H groups in total. The maximum atomic E-state index is 6.55. The summed E-state index contributed by atoms with van der Waals surface area (Å²) in [5.74, 6) is 0. The highest BCUT2D eigenvalue weighted by atomic mass is 14.7. The normalized spacial score (nSPS) is 22.1. The molecule has 1 aliphatic rings. The topological polar surface area (TPSA) is 26.0 Å². The summed E-state index contributed by atoms with van der Waals surface area (Å²) in [6.07, 6.45) is 5.32. The molecule has 0 amide bonds. The lowest BCUT2D eigenvalue weighted by atomic mass is 9.72. The van der Waals surface area contributed by atoms with Crippen molar-refractivity contribution in [3.05, 3.63) is 89.6 Å². The van der Waals surface area contributed by atoms with Crippen LogP contribution in [0.5, 0.6) is 0 Å². The summed E-state index contributed by atoms with van der Waals surface area (Å²) in [4.78, 5) is 0. The Bertz CT molecular complexity index is 653. The van der Waals surface area contributed by atoms with Crippen molar-refractivity contribution in [2.45, 2.75) is 18.8 Å². The Labute approximate surface area is 120 Å². The lowest BCUT2D eigenvalue weighted by Gasteiger charge is -2.34. The third kappa shape index (κ3) is 2.05. The lowest BCUT2D eigenvalue weighted by molar-refractivity contribution is 0.556. The summed E-state index contributed by atoms with van der Waals surface area (Å²) in [5.41, 5.74) is 11.0. The van der Waals surface area contributed by atoms with E-state index in [1.165, 1.54) is 11.1 Å². The van der Waals surface area contributed by atoms with Gasteiger partial charge >= 0.3 is 0 Å². The van der Waals surface area contributed by atoms with Gasteiger partial charge in [-0.3, -0.25) is 0 Å². The monoisotopic (exact) mass is 261 g/mol. The van der Waals surface area contributed by atoms with Crippen molar-refractivity contribution >= 4 is 5.57 Å². The van der Waals surface area contributed by atoms with Gasteiger partial charge in [-0.05, 0) is 24.5 Å². The highest BCUT2D eigenvalue weighted by molar-refractivity contribution is 5.79.